The van der Waals surface area contributed by atoms with Crippen molar-refractivity contribution in [1.82, 2.24) is 10.2 Å². The van der Waals surface area contributed by atoms with Gasteiger partial charge >= 0.3 is 0 Å². The minimum Gasteiger partial charge on any atom is -0.459 e. The molecule has 1 aliphatic rings. The van der Waals surface area contributed by atoms with E-state index < -0.39 is 6.04 Å². The van der Waals surface area contributed by atoms with Crippen LogP contribution in [-0.4, -0.2) is 48.9 Å². The maximum atomic E-state index is 13.0. The van der Waals surface area contributed by atoms with Crippen LogP contribution in [0.3, 0.4) is 0 Å². The third-order valence-electron chi connectivity index (χ3n) is 4.68. The second-order valence-corrected chi connectivity index (χ2v) is 6.82. The van der Waals surface area contributed by atoms with Gasteiger partial charge in [-0.1, -0.05) is 32.0 Å². The maximum absolute atomic E-state index is 13.0. The standard InChI is InChI=1S/C20H25N3O3/c1-15(2)18(21-19(24)17-9-6-14-26-17)20(25)23-12-10-22(11-13-23)16-7-4-3-5-8-16/h3-9,14-15,18H,10-13H2,1-2H3,(H,21,24)/t18-/m0/s1. The molecule has 1 saturated heterocycles. The number of carbonyl (C=O) groups excluding carboxylic acids is 2. The van der Waals surface area contributed by atoms with Crippen LogP contribution in [0.15, 0.2) is 53.1 Å². The van der Waals surface area contributed by atoms with E-state index in [1.54, 1.807) is 12.1 Å². The molecule has 6 heteroatoms. The molecular formula is C20H25N3O3. The molecule has 0 radical (unpaired) electrons. The van der Waals surface area contributed by atoms with Gasteiger partial charge in [-0.2, -0.15) is 0 Å². The molecule has 1 N–H and O–H groups in total. The summed E-state index contributed by atoms with van der Waals surface area (Å²) < 4.78 is 5.12. The Labute approximate surface area is 153 Å². The minimum absolute atomic E-state index is 0.00596. The van der Waals surface area contributed by atoms with E-state index >= 15 is 0 Å². The van der Waals surface area contributed by atoms with Crippen LogP contribution in [-0.2, 0) is 4.79 Å². The summed E-state index contributed by atoms with van der Waals surface area (Å²) in [5.41, 5.74) is 1.17. The van der Waals surface area contributed by atoms with Crippen molar-refractivity contribution < 1.29 is 14.0 Å². The zero-order chi connectivity index (χ0) is 18.5. The van der Waals surface area contributed by atoms with Gasteiger partial charge in [0.2, 0.25) is 5.91 Å². The number of nitrogens with zero attached hydrogens (tertiary/aromatic N) is 2. The highest BCUT2D eigenvalue weighted by atomic mass is 16.3. The molecule has 1 aromatic heterocycles. The van der Waals surface area contributed by atoms with Crippen LogP contribution in [0.2, 0.25) is 0 Å². The van der Waals surface area contributed by atoms with Crippen molar-refractivity contribution in [2.24, 2.45) is 5.92 Å². The maximum Gasteiger partial charge on any atom is 0.287 e. The number of anilines is 1. The predicted octanol–water partition coefficient (Wildman–Crippen LogP) is 2.38. The molecule has 26 heavy (non-hydrogen) atoms. The van der Waals surface area contributed by atoms with Gasteiger partial charge in [-0.15, -0.1) is 0 Å². The van der Waals surface area contributed by atoms with E-state index in [9.17, 15) is 9.59 Å². The lowest BCUT2D eigenvalue weighted by Crippen LogP contribution is -2.56. The minimum atomic E-state index is -0.559. The lowest BCUT2D eigenvalue weighted by molar-refractivity contribution is -0.134. The Morgan fingerprint density at radius 3 is 2.27 bits per heavy atom. The largest absolute Gasteiger partial charge is 0.459 e. The smallest absolute Gasteiger partial charge is 0.287 e. The Bertz CT molecular complexity index is 720. The molecule has 2 aromatic rings. The van der Waals surface area contributed by atoms with Gasteiger partial charge in [0, 0.05) is 31.9 Å². The van der Waals surface area contributed by atoms with Crippen LogP contribution < -0.4 is 10.2 Å². The topological polar surface area (TPSA) is 65.8 Å². The van der Waals surface area contributed by atoms with Crippen molar-refractivity contribution in [3.8, 4) is 0 Å². The Hall–Kier alpha value is -2.76. The zero-order valence-electron chi connectivity index (χ0n) is 15.2. The van der Waals surface area contributed by atoms with Crippen LogP contribution in [0, 0.1) is 5.92 Å². The summed E-state index contributed by atoms with van der Waals surface area (Å²) in [5, 5.41) is 2.82. The van der Waals surface area contributed by atoms with Crippen LogP contribution in [0.25, 0.3) is 0 Å². The van der Waals surface area contributed by atoms with Crippen LogP contribution in [0.4, 0.5) is 5.69 Å². The van der Waals surface area contributed by atoms with E-state index in [4.69, 9.17) is 4.42 Å². The van der Waals surface area contributed by atoms with Crippen molar-refractivity contribution >= 4 is 17.5 Å². The van der Waals surface area contributed by atoms with Crippen molar-refractivity contribution in [3.05, 3.63) is 54.5 Å². The molecule has 0 unspecified atom stereocenters. The van der Waals surface area contributed by atoms with Gasteiger partial charge in [0.25, 0.3) is 5.91 Å². The van der Waals surface area contributed by atoms with Gasteiger partial charge in [-0.25, -0.2) is 0 Å². The van der Waals surface area contributed by atoms with Crippen LogP contribution >= 0.6 is 0 Å². The normalized spacial score (nSPS) is 15.8. The Balaban J connectivity index is 1.60. The van der Waals surface area contributed by atoms with Crippen molar-refractivity contribution in [2.45, 2.75) is 19.9 Å². The fourth-order valence-electron chi connectivity index (χ4n) is 3.15. The highest BCUT2D eigenvalue weighted by molar-refractivity contribution is 5.95. The molecule has 2 heterocycles. The Morgan fingerprint density at radius 2 is 1.69 bits per heavy atom. The van der Waals surface area contributed by atoms with Gasteiger partial charge in [0.15, 0.2) is 5.76 Å². The van der Waals surface area contributed by atoms with Crippen LogP contribution in [0.1, 0.15) is 24.4 Å². The molecule has 6 nitrogen and oxygen atoms in total. The fourth-order valence-corrected chi connectivity index (χ4v) is 3.15. The van der Waals surface area contributed by atoms with Crippen LogP contribution in [0.5, 0.6) is 0 Å². The van der Waals surface area contributed by atoms with Crippen molar-refractivity contribution in [3.63, 3.8) is 0 Å². The molecule has 3 rings (SSSR count). The third kappa shape index (κ3) is 4.07. The van der Waals surface area contributed by atoms with Gasteiger partial charge in [0.1, 0.15) is 6.04 Å². The molecule has 0 bridgehead atoms. The van der Waals surface area contributed by atoms with Gasteiger partial charge in [0.05, 0.1) is 6.26 Å². The number of nitrogens with one attached hydrogen (secondary N) is 1. The first-order valence-corrected chi connectivity index (χ1v) is 8.99. The number of benzene rings is 1. The second-order valence-electron chi connectivity index (χ2n) is 6.82. The summed E-state index contributed by atoms with van der Waals surface area (Å²) in [6.45, 7) is 6.73. The number of carbonyl (C=O) groups is 2. The van der Waals surface area contributed by atoms with E-state index in [1.165, 1.54) is 12.0 Å². The first kappa shape index (κ1) is 18.0. The zero-order valence-corrected chi connectivity index (χ0v) is 15.2. The summed E-state index contributed by atoms with van der Waals surface area (Å²) in [4.78, 5) is 29.3. The number of amides is 2. The molecule has 2 amide bonds. The van der Waals surface area contributed by atoms with E-state index in [2.05, 4.69) is 22.3 Å². The van der Waals surface area contributed by atoms with Crippen molar-refractivity contribution in [1.29, 1.82) is 0 Å². The summed E-state index contributed by atoms with van der Waals surface area (Å²) in [6, 6.07) is 12.9. The first-order chi connectivity index (χ1) is 12.6. The van der Waals surface area contributed by atoms with E-state index in [-0.39, 0.29) is 23.5 Å². The molecule has 0 aliphatic carbocycles. The number of piperazine rings is 1. The van der Waals surface area contributed by atoms with E-state index in [0.717, 1.165) is 13.1 Å². The molecule has 0 spiro atoms. The molecule has 1 aliphatic heterocycles. The van der Waals surface area contributed by atoms with Crippen molar-refractivity contribution in [2.75, 3.05) is 31.1 Å². The molecular weight excluding hydrogens is 330 g/mol. The summed E-state index contributed by atoms with van der Waals surface area (Å²) in [7, 11) is 0. The quantitative estimate of drug-likeness (QED) is 0.894. The average Bonchev–Trinajstić information content (AvgIpc) is 3.21. The Kier molecular flexibility index (Phi) is 5.61. The average molecular weight is 355 g/mol. The number of furan rings is 1. The number of hydrogen-bond donors (Lipinski definition) is 1. The predicted molar refractivity (Wildman–Crippen MR) is 100 cm³/mol. The molecule has 1 fully saturated rings. The van der Waals surface area contributed by atoms with Gasteiger partial charge in [-0.3, -0.25) is 9.59 Å². The number of rotatable bonds is 5. The highest BCUT2D eigenvalue weighted by Crippen LogP contribution is 2.17. The monoisotopic (exact) mass is 355 g/mol. The third-order valence-corrected chi connectivity index (χ3v) is 4.68. The lowest BCUT2D eigenvalue weighted by atomic mass is 10.0. The number of para-hydroxylation sites is 1. The lowest BCUT2D eigenvalue weighted by Gasteiger charge is -2.38. The van der Waals surface area contributed by atoms with E-state index in [1.807, 2.05) is 36.9 Å². The molecule has 0 saturated carbocycles. The summed E-state index contributed by atoms with van der Waals surface area (Å²) in [6.07, 6.45) is 1.45. The summed E-state index contributed by atoms with van der Waals surface area (Å²) >= 11 is 0. The summed E-state index contributed by atoms with van der Waals surface area (Å²) in [5.74, 6) is -0.177. The number of hydrogen-bond acceptors (Lipinski definition) is 4. The molecule has 138 valence electrons. The first-order valence-electron chi connectivity index (χ1n) is 8.99. The molecule has 1 aromatic carbocycles. The fraction of sp³-hybridized carbons (Fsp3) is 0.400. The van der Waals surface area contributed by atoms with E-state index in [0.29, 0.717) is 13.1 Å². The van der Waals surface area contributed by atoms with Gasteiger partial charge in [-0.05, 0) is 30.2 Å². The molecule has 1 atom stereocenters. The SMILES string of the molecule is CC(C)[C@H](NC(=O)c1ccco1)C(=O)N1CCN(c2ccccc2)CC1. The Morgan fingerprint density at radius 1 is 1.00 bits per heavy atom. The second kappa shape index (κ2) is 8.08. The van der Waals surface area contributed by atoms with Gasteiger partial charge < -0.3 is 19.5 Å². The highest BCUT2D eigenvalue weighted by Gasteiger charge is 2.31.